The standard InChI is InChI=1S/C68H78O11/c1-40(37-70)52-26-23-41-18-21-47-33-45(41)20-19-42-11-4-6-16-56(42)67(2)64(78-65(52)73)63(61-58(79-67)29-28-54-55(38-71)60(66(74)77-62(54)61)48(30-32-69)39-75-3)76-59(72)36-49-34-46(24-27-53(47)49)44-13-10-15-51(35-44)68-31-9-8-14-50(68)25-22-43-12-5-7-17-57(43)68/h5,7,10,12-13,15,17-18,21,24,27-29,33,35,42,46,48-50,53,56,63-64,69-71H,4,6,8-9,11,14,16,19-20,22-23,25-26,30-32,34,36-39H2,1-3H3. The molecule has 3 N–H and O–H groups in total. The Hall–Kier alpha value is -5.85. The van der Waals surface area contributed by atoms with Crippen LogP contribution < -0.4 is 10.4 Å². The van der Waals surface area contributed by atoms with E-state index in [2.05, 4.69) is 78.9 Å². The highest BCUT2D eigenvalue weighted by molar-refractivity contribution is 5.90. The van der Waals surface area contributed by atoms with Gasteiger partial charge in [-0.05, 0) is 164 Å². The van der Waals surface area contributed by atoms with E-state index in [1.807, 2.05) is 6.92 Å². The summed E-state index contributed by atoms with van der Waals surface area (Å²) in [5.41, 5.74) is 8.83. The van der Waals surface area contributed by atoms with Crippen LogP contribution in [0.1, 0.15) is 183 Å². The van der Waals surface area contributed by atoms with Crippen LogP contribution in [0, 0.1) is 23.7 Å². The molecule has 12 rings (SSSR count). The number of aliphatic hydroxyl groups excluding tert-OH is 3. The fourth-order valence-electron chi connectivity index (χ4n) is 16.6. The maximum Gasteiger partial charge on any atom is 0.340 e. The number of hydrogen-bond donors (Lipinski definition) is 3. The molecule has 2 fully saturated rings. The van der Waals surface area contributed by atoms with Gasteiger partial charge in [0, 0.05) is 65.7 Å². The number of benzene rings is 4. The van der Waals surface area contributed by atoms with Crippen molar-refractivity contribution in [1.29, 1.82) is 0 Å². The lowest BCUT2D eigenvalue weighted by Gasteiger charge is -2.52. The molecule has 5 bridgehead atoms. The third-order valence-electron chi connectivity index (χ3n) is 20.5. The number of hydrogen-bond acceptors (Lipinski definition) is 11. The van der Waals surface area contributed by atoms with Crippen molar-refractivity contribution in [2.24, 2.45) is 23.7 Å². The Labute approximate surface area is 464 Å². The Bertz CT molecular complexity index is 3250. The van der Waals surface area contributed by atoms with Crippen molar-refractivity contribution in [3.63, 3.8) is 0 Å². The van der Waals surface area contributed by atoms with E-state index in [0.29, 0.717) is 53.0 Å². The van der Waals surface area contributed by atoms with Gasteiger partial charge in [-0.15, -0.1) is 0 Å². The van der Waals surface area contributed by atoms with Gasteiger partial charge in [0.25, 0.3) is 0 Å². The van der Waals surface area contributed by atoms with Crippen LogP contribution in [0.25, 0.3) is 11.0 Å². The van der Waals surface area contributed by atoms with Gasteiger partial charge in [0.15, 0.2) is 17.8 Å². The Kier molecular flexibility index (Phi) is 15.1. The van der Waals surface area contributed by atoms with Crippen LogP contribution in [0.3, 0.4) is 0 Å². The predicted molar refractivity (Wildman–Crippen MR) is 302 cm³/mol. The smallest absolute Gasteiger partial charge is 0.340 e. The molecule has 5 aromatic rings. The van der Waals surface area contributed by atoms with Gasteiger partial charge in [-0.3, -0.25) is 4.79 Å². The summed E-state index contributed by atoms with van der Waals surface area (Å²) in [6.07, 6.45) is 16.6. The molecular weight excluding hydrogens is 993 g/mol. The quantitative estimate of drug-likeness (QED) is 0.0557. The van der Waals surface area contributed by atoms with Crippen LogP contribution in [0.15, 0.2) is 111 Å². The molecule has 3 aliphatic heterocycles. The van der Waals surface area contributed by atoms with Gasteiger partial charge >= 0.3 is 17.6 Å². The number of esters is 2. The van der Waals surface area contributed by atoms with Crippen LogP contribution in [-0.2, 0) is 55.1 Å². The fourth-order valence-corrected chi connectivity index (χ4v) is 16.6. The van der Waals surface area contributed by atoms with E-state index in [0.717, 1.165) is 62.5 Å². The Morgan fingerprint density at radius 1 is 0.785 bits per heavy atom. The minimum Gasteiger partial charge on any atom is -0.483 e. The predicted octanol–water partition coefficient (Wildman–Crippen LogP) is 12.0. The van der Waals surface area contributed by atoms with Crippen molar-refractivity contribution < 1.29 is 48.3 Å². The molecule has 0 saturated heterocycles. The summed E-state index contributed by atoms with van der Waals surface area (Å²) >= 11 is 0. The van der Waals surface area contributed by atoms with Crippen molar-refractivity contribution in [2.75, 3.05) is 26.9 Å². The van der Waals surface area contributed by atoms with Crippen LogP contribution in [0.4, 0.5) is 0 Å². The van der Waals surface area contributed by atoms with E-state index >= 15 is 9.59 Å². The monoisotopic (exact) mass is 1070 g/mol. The number of rotatable bonds is 9. The molecule has 7 aliphatic rings. The lowest BCUT2D eigenvalue weighted by Crippen LogP contribution is -2.60. The summed E-state index contributed by atoms with van der Waals surface area (Å²) in [5.74, 6) is -1.02. The van der Waals surface area contributed by atoms with Crippen molar-refractivity contribution in [1.82, 2.24) is 0 Å². The average Bonchev–Trinajstić information content (AvgIpc) is 3.51. The molecule has 11 heteroatoms. The maximum atomic E-state index is 15.6. The number of aliphatic hydroxyl groups is 3. The number of fused-ring (bicyclic) bond motifs is 11. The molecule has 1 aromatic heterocycles. The molecule has 0 spiro atoms. The van der Waals surface area contributed by atoms with Crippen molar-refractivity contribution in [3.05, 3.63) is 168 Å². The zero-order valence-electron chi connectivity index (χ0n) is 46.3. The highest BCUT2D eigenvalue weighted by Crippen LogP contribution is 2.57. The second kappa shape index (κ2) is 22.2. The molecule has 2 saturated carbocycles. The lowest BCUT2D eigenvalue weighted by molar-refractivity contribution is -0.205. The Balaban J connectivity index is 1.02. The summed E-state index contributed by atoms with van der Waals surface area (Å²) in [4.78, 5) is 45.4. The van der Waals surface area contributed by atoms with Gasteiger partial charge in [0.05, 0.1) is 25.4 Å². The normalized spacial score (nSPS) is 30.5. The summed E-state index contributed by atoms with van der Waals surface area (Å²) in [6, 6.07) is 28.9. The largest absolute Gasteiger partial charge is 0.483 e. The molecule has 4 aromatic carbocycles. The molecule has 4 aliphatic carbocycles. The molecule has 0 amide bonds. The van der Waals surface area contributed by atoms with E-state index in [-0.39, 0.29) is 84.4 Å². The van der Waals surface area contributed by atoms with Gasteiger partial charge in [-0.2, -0.15) is 0 Å². The average molecular weight is 1070 g/mol. The second-order valence-electron chi connectivity index (χ2n) is 24.6. The maximum absolute atomic E-state index is 15.6. The minimum absolute atomic E-state index is 0.0266. The number of aryl methyl sites for hydroxylation is 3. The van der Waals surface area contributed by atoms with Gasteiger partial charge in [0.1, 0.15) is 11.3 Å². The zero-order chi connectivity index (χ0) is 54.6. The first kappa shape index (κ1) is 53.8. The number of allylic oxidation sites excluding steroid dienone is 2. The van der Waals surface area contributed by atoms with Crippen LogP contribution in [-0.4, -0.2) is 65.9 Å². The van der Waals surface area contributed by atoms with Gasteiger partial charge in [-0.25, -0.2) is 9.59 Å². The third kappa shape index (κ3) is 9.52. The van der Waals surface area contributed by atoms with E-state index in [1.165, 1.54) is 60.6 Å². The molecule has 0 radical (unpaired) electrons. The van der Waals surface area contributed by atoms with Crippen LogP contribution in [0.2, 0.25) is 0 Å². The number of ether oxygens (including phenoxy) is 4. The summed E-state index contributed by atoms with van der Waals surface area (Å²) < 4.78 is 33.2. The van der Waals surface area contributed by atoms with Crippen LogP contribution in [0.5, 0.6) is 5.75 Å². The van der Waals surface area contributed by atoms with Gasteiger partial charge < -0.3 is 38.7 Å². The van der Waals surface area contributed by atoms with E-state index in [9.17, 15) is 20.1 Å². The highest BCUT2D eigenvalue weighted by Gasteiger charge is 2.59. The van der Waals surface area contributed by atoms with Crippen LogP contribution >= 0.6 is 0 Å². The molecule has 79 heavy (non-hydrogen) atoms. The Morgan fingerprint density at radius 3 is 2.46 bits per heavy atom. The van der Waals surface area contributed by atoms with Crippen molar-refractivity contribution in [2.45, 2.75) is 171 Å². The van der Waals surface area contributed by atoms with E-state index in [4.69, 9.17) is 23.4 Å². The van der Waals surface area contributed by atoms with Crippen molar-refractivity contribution in [3.8, 4) is 5.75 Å². The first-order valence-corrected chi connectivity index (χ1v) is 29.7. The molecule has 11 nitrogen and oxygen atoms in total. The first-order chi connectivity index (χ1) is 38.5. The van der Waals surface area contributed by atoms with E-state index in [1.54, 1.807) is 19.1 Å². The highest BCUT2D eigenvalue weighted by atomic mass is 16.6. The topological polar surface area (TPSA) is 162 Å². The summed E-state index contributed by atoms with van der Waals surface area (Å²) in [6.45, 7) is 2.75. The number of carbonyl (C=O) groups excluding carboxylic acids is 2. The minimum atomic E-state index is -1.31. The van der Waals surface area contributed by atoms with Crippen molar-refractivity contribution >= 4 is 22.9 Å². The molecule has 4 heterocycles. The SMILES string of the molecule is COCC(CCO)c1c(CO)c2ccc3c(c2oc1=O)C1OC(=O)CC2CC(c4cccc(C56CCCCC5CCc5ccccc56)c4)C=CC2c2ccc4c(c2)CCC2CCCCC2C(C)(O3)C1OC(=O)C(=C(C)CO)CC4. The molecule has 11 atom stereocenters. The summed E-state index contributed by atoms with van der Waals surface area (Å²) in [5, 5.41) is 32.4. The molecule has 11 unspecified atom stereocenters. The first-order valence-electron chi connectivity index (χ1n) is 29.7. The zero-order valence-corrected chi connectivity index (χ0v) is 46.3. The third-order valence-corrected chi connectivity index (χ3v) is 20.5. The summed E-state index contributed by atoms with van der Waals surface area (Å²) in [7, 11) is 1.52. The second-order valence-corrected chi connectivity index (χ2v) is 24.6. The van der Waals surface area contributed by atoms with Gasteiger partial charge in [-0.1, -0.05) is 111 Å². The molecular formula is C68H78O11. The van der Waals surface area contributed by atoms with E-state index < -0.39 is 47.9 Å². The molecule has 416 valence electrons. The fraction of sp³-hybridized carbons (Fsp3) is 0.515. The number of methoxy groups -OCH3 is 1. The number of carbonyl (C=O) groups is 2. The van der Waals surface area contributed by atoms with Gasteiger partial charge in [0.2, 0.25) is 0 Å². The Morgan fingerprint density at radius 2 is 1.62 bits per heavy atom. The lowest BCUT2D eigenvalue weighted by atomic mass is 9.54.